The Morgan fingerprint density at radius 2 is 1.93 bits per heavy atom. The van der Waals surface area contributed by atoms with E-state index in [0.29, 0.717) is 38.0 Å². The fraction of sp³-hybridized carbons (Fsp3) is 0.579. The van der Waals surface area contributed by atoms with Crippen LogP contribution >= 0.6 is 0 Å². The maximum Gasteiger partial charge on any atom is 0.227 e. The lowest BCUT2D eigenvalue weighted by Gasteiger charge is -2.30. The van der Waals surface area contributed by atoms with Crippen LogP contribution in [0.25, 0.3) is 0 Å². The molecule has 2 aliphatic heterocycles. The molecule has 0 bridgehead atoms. The minimum absolute atomic E-state index is 0.0760. The molecule has 2 fully saturated rings. The number of anilines is 2. The zero-order valence-corrected chi connectivity index (χ0v) is 16.7. The Labute approximate surface area is 160 Å². The van der Waals surface area contributed by atoms with E-state index in [2.05, 4.69) is 5.32 Å². The number of hydrogen-bond acceptors (Lipinski definition) is 4. The van der Waals surface area contributed by atoms with Crippen LogP contribution < -0.4 is 10.2 Å². The maximum atomic E-state index is 12.6. The van der Waals surface area contributed by atoms with Gasteiger partial charge in [-0.05, 0) is 56.9 Å². The van der Waals surface area contributed by atoms with E-state index in [1.54, 1.807) is 11.8 Å². The van der Waals surface area contributed by atoms with E-state index < -0.39 is 10.0 Å². The number of hydrogen-bond donors (Lipinski definition) is 1. The third kappa shape index (κ3) is 4.32. The molecule has 1 aromatic carbocycles. The van der Waals surface area contributed by atoms with Crippen molar-refractivity contribution in [2.45, 2.75) is 39.5 Å². The number of rotatable bonds is 5. The molecule has 8 heteroatoms. The molecule has 2 heterocycles. The minimum Gasteiger partial charge on any atom is -0.326 e. The van der Waals surface area contributed by atoms with Crippen LogP contribution in [0.2, 0.25) is 0 Å². The standard InChI is InChI=1S/C19H27N3O4S/c1-3-27(25,26)21-11-8-15(9-12-21)19(24)20-16-6-7-17(14(2)13-16)22-10-4-5-18(22)23/h6-7,13,15H,3-5,8-12H2,1-2H3,(H,20,24). The van der Waals surface area contributed by atoms with Crippen LogP contribution in [0, 0.1) is 12.8 Å². The van der Waals surface area contributed by atoms with Crippen molar-refractivity contribution in [3.63, 3.8) is 0 Å². The Balaban J connectivity index is 1.60. The Morgan fingerprint density at radius 3 is 2.48 bits per heavy atom. The average Bonchev–Trinajstić information content (AvgIpc) is 3.07. The lowest BCUT2D eigenvalue weighted by atomic mass is 9.97. The van der Waals surface area contributed by atoms with Crippen molar-refractivity contribution in [2.24, 2.45) is 5.92 Å². The molecule has 27 heavy (non-hydrogen) atoms. The van der Waals surface area contributed by atoms with Crippen LogP contribution in [0.3, 0.4) is 0 Å². The fourth-order valence-corrected chi connectivity index (χ4v) is 4.89. The van der Waals surface area contributed by atoms with Crippen LogP contribution in [0.15, 0.2) is 18.2 Å². The van der Waals surface area contributed by atoms with Gasteiger partial charge < -0.3 is 10.2 Å². The second-order valence-electron chi connectivity index (χ2n) is 7.21. The molecular formula is C19H27N3O4S. The first-order chi connectivity index (χ1) is 12.8. The summed E-state index contributed by atoms with van der Waals surface area (Å²) in [6.07, 6.45) is 2.53. The summed E-state index contributed by atoms with van der Waals surface area (Å²) in [7, 11) is -3.18. The molecule has 0 spiro atoms. The van der Waals surface area contributed by atoms with Gasteiger partial charge >= 0.3 is 0 Å². The zero-order chi connectivity index (χ0) is 19.6. The molecular weight excluding hydrogens is 366 g/mol. The molecule has 0 aromatic heterocycles. The molecule has 0 radical (unpaired) electrons. The van der Waals surface area contributed by atoms with Gasteiger partial charge in [0.15, 0.2) is 0 Å². The number of carbonyl (C=O) groups excluding carboxylic acids is 2. The lowest BCUT2D eigenvalue weighted by Crippen LogP contribution is -2.42. The number of piperidine rings is 1. The van der Waals surface area contributed by atoms with E-state index in [9.17, 15) is 18.0 Å². The van der Waals surface area contributed by atoms with Crippen molar-refractivity contribution in [3.8, 4) is 0 Å². The average molecular weight is 394 g/mol. The normalized spacial score (nSPS) is 19.5. The largest absolute Gasteiger partial charge is 0.326 e. The van der Waals surface area contributed by atoms with Gasteiger partial charge in [-0.25, -0.2) is 12.7 Å². The predicted molar refractivity (Wildman–Crippen MR) is 105 cm³/mol. The van der Waals surface area contributed by atoms with Crippen LogP contribution in [-0.4, -0.2) is 49.9 Å². The second-order valence-corrected chi connectivity index (χ2v) is 9.47. The molecule has 2 saturated heterocycles. The first-order valence-electron chi connectivity index (χ1n) is 9.51. The highest BCUT2D eigenvalue weighted by molar-refractivity contribution is 7.89. The van der Waals surface area contributed by atoms with Gasteiger partial charge in [0.05, 0.1) is 5.75 Å². The number of aryl methyl sites for hydroxylation is 1. The molecule has 148 valence electrons. The van der Waals surface area contributed by atoms with E-state index >= 15 is 0 Å². The van der Waals surface area contributed by atoms with Crippen LogP contribution in [0.4, 0.5) is 11.4 Å². The van der Waals surface area contributed by atoms with E-state index in [4.69, 9.17) is 0 Å². The number of benzene rings is 1. The SMILES string of the molecule is CCS(=O)(=O)N1CCC(C(=O)Nc2ccc(N3CCCC3=O)c(C)c2)CC1. The first kappa shape index (κ1) is 19.8. The molecule has 2 aliphatic rings. The Hall–Kier alpha value is -1.93. The number of nitrogens with zero attached hydrogens (tertiary/aromatic N) is 2. The Morgan fingerprint density at radius 1 is 1.22 bits per heavy atom. The van der Waals surface area contributed by atoms with Gasteiger partial charge in [-0.2, -0.15) is 0 Å². The van der Waals surface area contributed by atoms with Crippen LogP contribution in [0.1, 0.15) is 38.2 Å². The molecule has 1 aromatic rings. The van der Waals surface area contributed by atoms with Gasteiger partial charge in [0.1, 0.15) is 0 Å². The summed E-state index contributed by atoms with van der Waals surface area (Å²) in [5.41, 5.74) is 2.55. The summed E-state index contributed by atoms with van der Waals surface area (Å²) < 4.78 is 25.3. The second kappa shape index (κ2) is 7.98. The Kier molecular flexibility index (Phi) is 5.86. The van der Waals surface area contributed by atoms with Gasteiger partial charge in [-0.3, -0.25) is 9.59 Å². The fourth-order valence-electron chi connectivity index (χ4n) is 3.76. The van der Waals surface area contributed by atoms with Crippen molar-refractivity contribution in [3.05, 3.63) is 23.8 Å². The van der Waals surface area contributed by atoms with Crippen LogP contribution in [-0.2, 0) is 19.6 Å². The van der Waals surface area contributed by atoms with Gasteiger partial charge in [0.2, 0.25) is 21.8 Å². The van der Waals surface area contributed by atoms with Crippen molar-refractivity contribution in [1.82, 2.24) is 4.31 Å². The van der Waals surface area contributed by atoms with E-state index in [1.165, 1.54) is 4.31 Å². The summed E-state index contributed by atoms with van der Waals surface area (Å²) in [5, 5.41) is 2.94. The smallest absolute Gasteiger partial charge is 0.227 e. The third-order valence-corrected chi connectivity index (χ3v) is 7.29. The summed E-state index contributed by atoms with van der Waals surface area (Å²) >= 11 is 0. The van der Waals surface area contributed by atoms with Crippen molar-refractivity contribution < 1.29 is 18.0 Å². The van der Waals surface area contributed by atoms with Gasteiger partial charge in [0, 0.05) is 43.3 Å². The van der Waals surface area contributed by atoms with Crippen molar-refractivity contribution in [1.29, 1.82) is 0 Å². The molecule has 3 rings (SSSR count). The number of amides is 2. The molecule has 1 N–H and O–H groups in total. The molecule has 7 nitrogen and oxygen atoms in total. The van der Waals surface area contributed by atoms with E-state index in [0.717, 1.165) is 24.2 Å². The topological polar surface area (TPSA) is 86.8 Å². The van der Waals surface area contributed by atoms with Gasteiger partial charge in [0.25, 0.3) is 0 Å². The van der Waals surface area contributed by atoms with E-state index in [1.807, 2.05) is 25.1 Å². The molecule has 0 saturated carbocycles. The lowest BCUT2D eigenvalue weighted by molar-refractivity contribution is -0.121. The number of carbonyl (C=O) groups is 2. The highest BCUT2D eigenvalue weighted by Crippen LogP contribution is 2.28. The predicted octanol–water partition coefficient (Wildman–Crippen LogP) is 2.12. The third-order valence-electron chi connectivity index (χ3n) is 5.41. The quantitative estimate of drug-likeness (QED) is 0.830. The summed E-state index contributed by atoms with van der Waals surface area (Å²) in [5.74, 6) is -0.0280. The summed E-state index contributed by atoms with van der Waals surface area (Å²) in [6.45, 7) is 5.09. The van der Waals surface area contributed by atoms with E-state index in [-0.39, 0.29) is 23.5 Å². The number of sulfonamides is 1. The zero-order valence-electron chi connectivity index (χ0n) is 15.9. The summed E-state index contributed by atoms with van der Waals surface area (Å²) in [6, 6.07) is 5.59. The highest BCUT2D eigenvalue weighted by atomic mass is 32.2. The van der Waals surface area contributed by atoms with Crippen molar-refractivity contribution >= 4 is 33.2 Å². The molecule has 0 aliphatic carbocycles. The minimum atomic E-state index is -3.18. The monoisotopic (exact) mass is 393 g/mol. The highest BCUT2D eigenvalue weighted by Gasteiger charge is 2.30. The summed E-state index contributed by atoms with van der Waals surface area (Å²) in [4.78, 5) is 26.3. The molecule has 0 unspecified atom stereocenters. The number of nitrogens with one attached hydrogen (secondary N) is 1. The first-order valence-corrected chi connectivity index (χ1v) is 11.1. The molecule has 0 atom stereocenters. The maximum absolute atomic E-state index is 12.6. The Bertz CT molecular complexity index is 829. The molecule has 2 amide bonds. The van der Waals surface area contributed by atoms with Crippen LogP contribution in [0.5, 0.6) is 0 Å². The van der Waals surface area contributed by atoms with Gasteiger partial charge in [-0.15, -0.1) is 0 Å². The van der Waals surface area contributed by atoms with Gasteiger partial charge in [-0.1, -0.05) is 0 Å². The van der Waals surface area contributed by atoms with Crippen molar-refractivity contribution in [2.75, 3.05) is 35.6 Å².